The molecule has 4 heteroatoms. The Morgan fingerprint density at radius 2 is 2.12 bits per heavy atom. The van der Waals surface area contributed by atoms with Crippen LogP contribution in [0, 0.1) is 11.3 Å². The summed E-state index contributed by atoms with van der Waals surface area (Å²) in [4.78, 5) is 11.6. The maximum atomic E-state index is 11.6. The summed E-state index contributed by atoms with van der Waals surface area (Å²) in [6.45, 7) is 2.78. The molecule has 0 aromatic heterocycles. The first kappa shape index (κ1) is 13.2. The highest BCUT2D eigenvalue weighted by Gasteiger charge is 2.38. The van der Waals surface area contributed by atoms with E-state index in [1.165, 1.54) is 6.92 Å². The average molecular weight is 233 g/mol. The summed E-state index contributed by atoms with van der Waals surface area (Å²) in [6, 6.07) is 10.9. The molecule has 2 atom stereocenters. The lowest BCUT2D eigenvalue weighted by molar-refractivity contribution is -0.164. The van der Waals surface area contributed by atoms with E-state index in [2.05, 4.69) is 4.74 Å². The van der Waals surface area contributed by atoms with Crippen molar-refractivity contribution in [1.29, 1.82) is 5.26 Å². The first-order valence-corrected chi connectivity index (χ1v) is 5.31. The van der Waals surface area contributed by atoms with E-state index in [4.69, 9.17) is 5.26 Å². The zero-order valence-corrected chi connectivity index (χ0v) is 9.88. The van der Waals surface area contributed by atoms with Crippen molar-refractivity contribution >= 4 is 5.97 Å². The lowest BCUT2D eigenvalue weighted by Crippen LogP contribution is -2.41. The molecule has 0 spiro atoms. The van der Waals surface area contributed by atoms with Crippen molar-refractivity contribution < 1.29 is 14.6 Å². The minimum Gasteiger partial charge on any atom is -0.448 e. The van der Waals surface area contributed by atoms with Crippen LogP contribution in [0.1, 0.15) is 25.3 Å². The first-order valence-electron chi connectivity index (χ1n) is 5.31. The van der Waals surface area contributed by atoms with Crippen LogP contribution in [0.5, 0.6) is 0 Å². The zero-order valence-electron chi connectivity index (χ0n) is 9.88. The molecule has 1 aromatic carbocycles. The van der Waals surface area contributed by atoms with Crippen molar-refractivity contribution in [3.63, 3.8) is 0 Å². The molecule has 1 N–H and O–H groups in total. The van der Waals surface area contributed by atoms with E-state index in [1.54, 1.807) is 13.0 Å². The minimum absolute atomic E-state index is 0.351. The van der Waals surface area contributed by atoms with Gasteiger partial charge in [-0.3, -0.25) is 0 Å². The Morgan fingerprint density at radius 3 is 2.65 bits per heavy atom. The standard InChI is InChI=1S/C13H15NO3/c1-10(11-6-4-3-5-7-11)13(2,16)12(15)17-9-8-14/h3-7,10,16H,9H2,1-2H3/t10-,13+/m0/s1. The van der Waals surface area contributed by atoms with E-state index in [0.717, 1.165) is 5.56 Å². The first-order chi connectivity index (χ1) is 8.00. The number of rotatable bonds is 4. The fraction of sp³-hybridized carbons (Fsp3) is 0.385. The summed E-state index contributed by atoms with van der Waals surface area (Å²) in [5.74, 6) is -1.19. The van der Waals surface area contributed by atoms with Crippen molar-refractivity contribution in [3.8, 4) is 6.07 Å². The van der Waals surface area contributed by atoms with E-state index >= 15 is 0 Å². The van der Waals surface area contributed by atoms with Crippen LogP contribution in [-0.2, 0) is 9.53 Å². The molecule has 4 nitrogen and oxygen atoms in total. The Balaban J connectivity index is 2.83. The highest BCUT2D eigenvalue weighted by molar-refractivity contribution is 5.80. The molecule has 1 aromatic rings. The van der Waals surface area contributed by atoms with Crippen LogP contribution >= 0.6 is 0 Å². The van der Waals surface area contributed by atoms with Crippen LogP contribution in [0.15, 0.2) is 30.3 Å². The van der Waals surface area contributed by atoms with Crippen molar-refractivity contribution in [1.82, 2.24) is 0 Å². The third-order valence-corrected chi connectivity index (χ3v) is 2.82. The van der Waals surface area contributed by atoms with E-state index in [-0.39, 0.29) is 6.61 Å². The van der Waals surface area contributed by atoms with Gasteiger partial charge in [0.1, 0.15) is 6.07 Å². The lowest BCUT2D eigenvalue weighted by Gasteiger charge is -2.27. The quantitative estimate of drug-likeness (QED) is 0.802. The van der Waals surface area contributed by atoms with Crippen molar-refractivity contribution in [2.45, 2.75) is 25.4 Å². The number of nitriles is 1. The molecule has 0 fully saturated rings. The molecule has 0 bridgehead atoms. The fourth-order valence-electron chi connectivity index (χ4n) is 1.49. The summed E-state index contributed by atoms with van der Waals surface area (Å²) in [5, 5.41) is 18.5. The molecule has 0 radical (unpaired) electrons. The van der Waals surface area contributed by atoms with Gasteiger partial charge in [-0.25, -0.2) is 4.79 Å². The highest BCUT2D eigenvalue weighted by atomic mass is 16.5. The second kappa shape index (κ2) is 5.46. The minimum atomic E-state index is -1.64. The second-order valence-electron chi connectivity index (χ2n) is 4.01. The molecule has 0 aliphatic carbocycles. The molecule has 90 valence electrons. The molecule has 0 unspecified atom stereocenters. The van der Waals surface area contributed by atoms with Crippen LogP contribution in [0.25, 0.3) is 0 Å². The molecule has 17 heavy (non-hydrogen) atoms. The smallest absolute Gasteiger partial charge is 0.339 e. The Hall–Kier alpha value is -1.86. The molecule has 0 amide bonds. The maximum absolute atomic E-state index is 11.6. The molecular weight excluding hydrogens is 218 g/mol. The number of benzene rings is 1. The molecule has 0 saturated carbocycles. The topological polar surface area (TPSA) is 70.3 Å². The molecule has 1 rings (SSSR count). The number of aliphatic hydroxyl groups is 1. The van der Waals surface area contributed by atoms with Gasteiger partial charge in [-0.1, -0.05) is 37.3 Å². The van der Waals surface area contributed by atoms with Gasteiger partial charge < -0.3 is 9.84 Å². The molecule has 0 heterocycles. The predicted molar refractivity (Wildman–Crippen MR) is 62.1 cm³/mol. The van der Waals surface area contributed by atoms with E-state index in [9.17, 15) is 9.90 Å². The van der Waals surface area contributed by atoms with Crippen molar-refractivity contribution in [2.24, 2.45) is 0 Å². The summed E-state index contributed by atoms with van der Waals surface area (Å²) in [7, 11) is 0. The third-order valence-electron chi connectivity index (χ3n) is 2.82. The van der Waals surface area contributed by atoms with Crippen molar-refractivity contribution in [2.75, 3.05) is 6.61 Å². The summed E-state index contributed by atoms with van der Waals surface area (Å²) < 4.78 is 4.65. The van der Waals surface area contributed by atoms with Crippen LogP contribution in [0.2, 0.25) is 0 Å². The molecular formula is C13H15NO3. The van der Waals surface area contributed by atoms with Crippen LogP contribution in [-0.4, -0.2) is 23.3 Å². The van der Waals surface area contributed by atoms with Gasteiger partial charge in [0.25, 0.3) is 0 Å². The van der Waals surface area contributed by atoms with Gasteiger partial charge in [0, 0.05) is 5.92 Å². The average Bonchev–Trinajstić information content (AvgIpc) is 2.35. The highest BCUT2D eigenvalue weighted by Crippen LogP contribution is 2.28. The summed E-state index contributed by atoms with van der Waals surface area (Å²) in [5.41, 5.74) is -0.801. The second-order valence-corrected chi connectivity index (χ2v) is 4.01. The summed E-state index contributed by atoms with van der Waals surface area (Å²) >= 11 is 0. The third kappa shape index (κ3) is 3.05. The monoisotopic (exact) mass is 233 g/mol. The molecule has 0 aliphatic rings. The normalized spacial score (nSPS) is 15.4. The van der Waals surface area contributed by atoms with E-state index < -0.39 is 17.5 Å². The Morgan fingerprint density at radius 1 is 1.53 bits per heavy atom. The van der Waals surface area contributed by atoms with Gasteiger partial charge in [-0.15, -0.1) is 0 Å². The number of hydrogen-bond acceptors (Lipinski definition) is 4. The molecule has 0 aliphatic heterocycles. The fourth-order valence-corrected chi connectivity index (χ4v) is 1.49. The SMILES string of the molecule is C[C@@H](c1ccccc1)[C@@](C)(O)C(=O)OCC#N. The van der Waals surface area contributed by atoms with Gasteiger partial charge in [0.05, 0.1) is 0 Å². The summed E-state index contributed by atoms with van der Waals surface area (Å²) in [6.07, 6.45) is 0. The largest absolute Gasteiger partial charge is 0.448 e. The van der Waals surface area contributed by atoms with Gasteiger partial charge in [-0.2, -0.15) is 5.26 Å². The number of nitrogens with zero attached hydrogens (tertiary/aromatic N) is 1. The van der Waals surface area contributed by atoms with E-state index in [1.807, 2.05) is 30.3 Å². The number of ether oxygens (including phenoxy) is 1. The lowest BCUT2D eigenvalue weighted by atomic mass is 9.85. The predicted octanol–water partition coefficient (Wildman–Crippen LogP) is 1.61. The Labute approximate surface area is 100 Å². The number of hydrogen-bond donors (Lipinski definition) is 1. The Kier molecular flexibility index (Phi) is 4.24. The van der Waals surface area contributed by atoms with Crippen LogP contribution < -0.4 is 0 Å². The number of esters is 1. The van der Waals surface area contributed by atoms with Crippen LogP contribution in [0.4, 0.5) is 0 Å². The Bertz CT molecular complexity index is 420. The van der Waals surface area contributed by atoms with Gasteiger partial charge in [-0.05, 0) is 12.5 Å². The maximum Gasteiger partial charge on any atom is 0.339 e. The van der Waals surface area contributed by atoms with Crippen molar-refractivity contribution in [3.05, 3.63) is 35.9 Å². The number of carbonyl (C=O) groups excluding carboxylic acids is 1. The van der Waals surface area contributed by atoms with Gasteiger partial charge in [0.15, 0.2) is 12.2 Å². The van der Waals surface area contributed by atoms with Gasteiger partial charge in [0.2, 0.25) is 0 Å². The molecule has 0 saturated heterocycles. The van der Waals surface area contributed by atoms with E-state index in [0.29, 0.717) is 0 Å². The van der Waals surface area contributed by atoms with Gasteiger partial charge >= 0.3 is 5.97 Å². The zero-order chi connectivity index (χ0) is 12.9. The number of carbonyl (C=O) groups is 1. The van der Waals surface area contributed by atoms with Crippen LogP contribution in [0.3, 0.4) is 0 Å².